The van der Waals surface area contributed by atoms with Crippen LogP contribution in [0.15, 0.2) is 36.7 Å². The average molecular weight is 271 g/mol. The summed E-state index contributed by atoms with van der Waals surface area (Å²) in [6, 6.07) is 7.80. The molecule has 1 aliphatic heterocycles. The number of hydrogen-bond donors (Lipinski definition) is 2. The minimum atomic E-state index is 0.0503. The Morgan fingerprint density at radius 3 is 2.70 bits per heavy atom. The number of amides is 1. The van der Waals surface area contributed by atoms with Crippen molar-refractivity contribution >= 4 is 11.6 Å². The molecule has 1 fully saturated rings. The zero-order valence-corrected chi connectivity index (χ0v) is 11.1. The molecule has 6 nitrogen and oxygen atoms in total. The van der Waals surface area contributed by atoms with Gasteiger partial charge in [-0.2, -0.15) is 15.0 Å². The molecule has 1 aromatic carbocycles. The van der Waals surface area contributed by atoms with Gasteiger partial charge in [0.1, 0.15) is 0 Å². The molecule has 1 aliphatic rings. The van der Waals surface area contributed by atoms with E-state index in [1.54, 1.807) is 12.4 Å². The number of rotatable bonds is 4. The molecule has 2 N–H and O–H groups in total. The highest BCUT2D eigenvalue weighted by Gasteiger charge is 2.17. The monoisotopic (exact) mass is 271 g/mol. The van der Waals surface area contributed by atoms with E-state index in [2.05, 4.69) is 20.8 Å². The number of hydrogen-bond acceptors (Lipinski definition) is 4. The molecular formula is C14H17N5O. The molecule has 0 spiro atoms. The van der Waals surface area contributed by atoms with Crippen molar-refractivity contribution in [2.75, 3.05) is 11.9 Å². The molecule has 3 rings (SSSR count). The first kappa shape index (κ1) is 12.8. The number of carbonyl (C=O) groups is 1. The minimum absolute atomic E-state index is 0.0503. The minimum Gasteiger partial charge on any atom is -0.326 e. The van der Waals surface area contributed by atoms with Crippen LogP contribution < -0.4 is 10.6 Å². The fourth-order valence-corrected chi connectivity index (χ4v) is 2.39. The maximum atomic E-state index is 11.9. The second kappa shape index (κ2) is 5.83. The lowest BCUT2D eigenvalue weighted by molar-refractivity contribution is -0.116. The van der Waals surface area contributed by atoms with E-state index >= 15 is 0 Å². The highest BCUT2D eigenvalue weighted by molar-refractivity contribution is 5.91. The largest absolute Gasteiger partial charge is 0.326 e. The number of nitrogens with one attached hydrogen (secondary N) is 2. The van der Waals surface area contributed by atoms with Crippen LogP contribution in [0.4, 0.5) is 5.69 Å². The van der Waals surface area contributed by atoms with Crippen LogP contribution >= 0.6 is 0 Å². The summed E-state index contributed by atoms with van der Waals surface area (Å²) in [6.45, 7) is 1.02. The van der Waals surface area contributed by atoms with Crippen LogP contribution in [0.2, 0.25) is 0 Å². The molecule has 1 amide bonds. The van der Waals surface area contributed by atoms with E-state index in [0.717, 1.165) is 30.8 Å². The molecule has 20 heavy (non-hydrogen) atoms. The fourth-order valence-electron chi connectivity index (χ4n) is 2.39. The molecule has 0 saturated carbocycles. The number of aromatic nitrogens is 3. The fraction of sp³-hybridized carbons (Fsp3) is 0.357. The molecule has 2 aromatic rings. The predicted octanol–water partition coefficient (Wildman–Crippen LogP) is 1.35. The number of carbonyl (C=O) groups excluding carboxylic acids is 1. The zero-order valence-electron chi connectivity index (χ0n) is 11.1. The maximum Gasteiger partial charge on any atom is 0.225 e. The standard InChI is InChI=1S/C14H17N5O/c20-14(10-12-2-1-7-15-12)18-11-3-5-13(6-4-11)19-16-8-9-17-19/h3-6,8-9,12,15H,1-2,7,10H2,(H,18,20). The Hall–Kier alpha value is -2.21. The molecule has 0 radical (unpaired) electrons. The van der Waals surface area contributed by atoms with Gasteiger partial charge in [-0.3, -0.25) is 4.79 Å². The summed E-state index contributed by atoms with van der Waals surface area (Å²) in [5.41, 5.74) is 1.66. The van der Waals surface area contributed by atoms with Gasteiger partial charge in [0.15, 0.2) is 0 Å². The molecule has 6 heteroatoms. The summed E-state index contributed by atoms with van der Waals surface area (Å²) in [6.07, 6.45) is 6.03. The van der Waals surface area contributed by atoms with E-state index in [9.17, 15) is 4.79 Å². The van der Waals surface area contributed by atoms with Crippen molar-refractivity contribution < 1.29 is 4.79 Å². The van der Waals surface area contributed by atoms with Gasteiger partial charge in [0.2, 0.25) is 5.91 Å². The Balaban J connectivity index is 1.59. The topological polar surface area (TPSA) is 71.8 Å². The maximum absolute atomic E-state index is 11.9. The normalized spacial score (nSPS) is 18.1. The van der Waals surface area contributed by atoms with Crippen LogP contribution in [0.5, 0.6) is 0 Å². The van der Waals surface area contributed by atoms with Crippen LogP contribution in [0, 0.1) is 0 Å². The van der Waals surface area contributed by atoms with E-state index in [1.165, 1.54) is 4.80 Å². The second-order valence-electron chi connectivity index (χ2n) is 4.91. The molecule has 2 heterocycles. The first-order valence-electron chi connectivity index (χ1n) is 6.81. The highest BCUT2D eigenvalue weighted by Crippen LogP contribution is 2.14. The van der Waals surface area contributed by atoms with Crippen molar-refractivity contribution in [3.8, 4) is 5.69 Å². The summed E-state index contributed by atoms with van der Waals surface area (Å²) in [7, 11) is 0. The SMILES string of the molecule is O=C(CC1CCCN1)Nc1ccc(-n2nccn2)cc1. The lowest BCUT2D eigenvalue weighted by Gasteiger charge is -2.10. The molecular weight excluding hydrogens is 254 g/mol. The van der Waals surface area contributed by atoms with E-state index < -0.39 is 0 Å². The van der Waals surface area contributed by atoms with Gasteiger partial charge in [-0.05, 0) is 43.7 Å². The van der Waals surface area contributed by atoms with Crippen molar-refractivity contribution in [1.29, 1.82) is 0 Å². The van der Waals surface area contributed by atoms with E-state index in [-0.39, 0.29) is 5.91 Å². The number of anilines is 1. The zero-order chi connectivity index (χ0) is 13.8. The predicted molar refractivity (Wildman–Crippen MR) is 75.6 cm³/mol. The summed E-state index contributed by atoms with van der Waals surface area (Å²) in [5.74, 6) is 0.0503. The lowest BCUT2D eigenvalue weighted by Crippen LogP contribution is -2.27. The smallest absolute Gasteiger partial charge is 0.225 e. The van der Waals surface area contributed by atoms with Crippen LogP contribution in [0.25, 0.3) is 5.69 Å². The summed E-state index contributed by atoms with van der Waals surface area (Å²) < 4.78 is 0. The Labute approximate surface area is 117 Å². The van der Waals surface area contributed by atoms with Crippen molar-refractivity contribution in [2.24, 2.45) is 0 Å². The Morgan fingerprint density at radius 2 is 2.05 bits per heavy atom. The Kier molecular flexibility index (Phi) is 3.73. The van der Waals surface area contributed by atoms with Gasteiger partial charge < -0.3 is 10.6 Å². The van der Waals surface area contributed by atoms with Crippen molar-refractivity contribution in [3.05, 3.63) is 36.7 Å². The van der Waals surface area contributed by atoms with E-state index in [1.807, 2.05) is 24.3 Å². The van der Waals surface area contributed by atoms with Crippen molar-refractivity contribution in [3.63, 3.8) is 0 Å². The van der Waals surface area contributed by atoms with E-state index in [4.69, 9.17) is 0 Å². The van der Waals surface area contributed by atoms with Crippen LogP contribution in [-0.4, -0.2) is 33.5 Å². The third-order valence-corrected chi connectivity index (χ3v) is 3.39. The van der Waals surface area contributed by atoms with Gasteiger partial charge in [-0.1, -0.05) is 0 Å². The van der Waals surface area contributed by atoms with Gasteiger partial charge >= 0.3 is 0 Å². The van der Waals surface area contributed by atoms with Crippen LogP contribution in [-0.2, 0) is 4.79 Å². The van der Waals surface area contributed by atoms with Crippen LogP contribution in [0.3, 0.4) is 0 Å². The van der Waals surface area contributed by atoms with Gasteiger partial charge in [0, 0.05) is 18.2 Å². The van der Waals surface area contributed by atoms with Crippen molar-refractivity contribution in [1.82, 2.24) is 20.3 Å². The number of benzene rings is 1. The van der Waals surface area contributed by atoms with Gasteiger partial charge in [0.25, 0.3) is 0 Å². The molecule has 104 valence electrons. The van der Waals surface area contributed by atoms with Crippen LogP contribution in [0.1, 0.15) is 19.3 Å². The average Bonchev–Trinajstić information content (AvgIpc) is 3.12. The first-order chi connectivity index (χ1) is 9.81. The number of nitrogens with zero attached hydrogens (tertiary/aromatic N) is 3. The molecule has 1 unspecified atom stereocenters. The molecule has 1 atom stereocenters. The highest BCUT2D eigenvalue weighted by atomic mass is 16.1. The Morgan fingerprint density at radius 1 is 1.30 bits per heavy atom. The lowest BCUT2D eigenvalue weighted by atomic mass is 10.1. The quantitative estimate of drug-likeness (QED) is 0.880. The summed E-state index contributed by atoms with van der Waals surface area (Å²) >= 11 is 0. The van der Waals surface area contributed by atoms with Gasteiger partial charge in [0.05, 0.1) is 18.1 Å². The second-order valence-corrected chi connectivity index (χ2v) is 4.91. The summed E-state index contributed by atoms with van der Waals surface area (Å²) in [5, 5.41) is 14.3. The van der Waals surface area contributed by atoms with Gasteiger partial charge in [-0.25, -0.2) is 0 Å². The molecule has 0 bridgehead atoms. The third-order valence-electron chi connectivity index (χ3n) is 3.39. The summed E-state index contributed by atoms with van der Waals surface area (Å²) in [4.78, 5) is 13.4. The first-order valence-corrected chi connectivity index (χ1v) is 6.81. The molecule has 1 saturated heterocycles. The van der Waals surface area contributed by atoms with Gasteiger partial charge in [-0.15, -0.1) is 0 Å². The Bertz CT molecular complexity index is 558. The molecule has 1 aromatic heterocycles. The third kappa shape index (κ3) is 3.03. The van der Waals surface area contributed by atoms with Crippen molar-refractivity contribution in [2.45, 2.75) is 25.3 Å². The molecule has 0 aliphatic carbocycles. The van der Waals surface area contributed by atoms with E-state index in [0.29, 0.717) is 12.5 Å².